The van der Waals surface area contributed by atoms with Crippen molar-refractivity contribution < 1.29 is 14.3 Å². The Morgan fingerprint density at radius 3 is 1.87 bits per heavy atom. The van der Waals surface area contributed by atoms with Crippen molar-refractivity contribution in [3.8, 4) is 28.1 Å². The minimum absolute atomic E-state index is 0.00733. The van der Waals surface area contributed by atoms with E-state index in [4.69, 9.17) is 14.7 Å². The molecule has 14 nitrogen and oxygen atoms in total. The molecule has 0 radical (unpaired) electrons. The molecule has 2 unspecified atom stereocenters. The second kappa shape index (κ2) is 15.6. The topological polar surface area (TPSA) is 179 Å². The molecule has 312 valence electrons. The zero-order valence-electron chi connectivity index (χ0n) is 35.0. The summed E-state index contributed by atoms with van der Waals surface area (Å²) in [6.07, 6.45) is 12.4. The lowest BCUT2D eigenvalue weighted by molar-refractivity contribution is 0.0958. The first-order valence-corrected chi connectivity index (χ1v) is 21.0. The van der Waals surface area contributed by atoms with Crippen molar-refractivity contribution in [3.05, 3.63) is 125 Å². The second-order valence-electron chi connectivity index (χ2n) is 16.6. The van der Waals surface area contributed by atoms with Crippen LogP contribution in [0.4, 0.5) is 34.4 Å². The number of rotatable bonds is 14. The maximum Gasteiger partial charge on any atom is 0.254 e. The number of fused-ring (bicyclic) bond motifs is 2. The molecular formula is C48H47N11O3. The molecule has 14 heteroatoms. The summed E-state index contributed by atoms with van der Waals surface area (Å²) in [4.78, 5) is 48.6. The van der Waals surface area contributed by atoms with Crippen LogP contribution >= 0.6 is 0 Å². The van der Waals surface area contributed by atoms with Gasteiger partial charge in [0, 0.05) is 92.2 Å². The maximum atomic E-state index is 13.2. The Hall–Kier alpha value is -7.35. The summed E-state index contributed by atoms with van der Waals surface area (Å²) in [6, 6.07) is 20.0. The fraction of sp³-hybridized carbons (Fsp3) is 0.271. The van der Waals surface area contributed by atoms with Gasteiger partial charge < -0.3 is 36.6 Å². The Morgan fingerprint density at radius 1 is 0.742 bits per heavy atom. The Morgan fingerprint density at radius 2 is 1.34 bits per heavy atom. The van der Waals surface area contributed by atoms with E-state index in [0.29, 0.717) is 42.5 Å². The highest BCUT2D eigenvalue weighted by Gasteiger charge is 2.44. The third-order valence-corrected chi connectivity index (χ3v) is 12.4. The minimum atomic E-state index is -0.0805. The molecule has 2 amide bonds. The highest BCUT2D eigenvalue weighted by Crippen LogP contribution is 2.46. The van der Waals surface area contributed by atoms with Crippen LogP contribution in [0.2, 0.25) is 0 Å². The predicted molar refractivity (Wildman–Crippen MR) is 242 cm³/mol. The average Bonchev–Trinajstić information content (AvgIpc) is 4.15. The van der Waals surface area contributed by atoms with Crippen LogP contribution in [0.25, 0.3) is 22.3 Å². The smallest absolute Gasteiger partial charge is 0.254 e. The fourth-order valence-corrected chi connectivity index (χ4v) is 8.76. The molecule has 4 aromatic heterocycles. The van der Waals surface area contributed by atoms with E-state index in [1.807, 2.05) is 94.4 Å². The molecule has 6 heterocycles. The lowest BCUT2D eigenvalue weighted by Gasteiger charge is -2.16. The highest BCUT2D eigenvalue weighted by molar-refractivity contribution is 6.06. The maximum absolute atomic E-state index is 13.2. The summed E-state index contributed by atoms with van der Waals surface area (Å²) in [5, 5.41) is 19.4. The number of carbonyl (C=O) groups excluding carboxylic acids is 2. The summed E-state index contributed by atoms with van der Waals surface area (Å²) in [5.41, 5.74) is 13.7. The summed E-state index contributed by atoms with van der Waals surface area (Å²) < 4.78 is 6.23. The molecule has 6 N–H and O–H groups in total. The van der Waals surface area contributed by atoms with E-state index in [0.717, 1.165) is 98.0 Å². The summed E-state index contributed by atoms with van der Waals surface area (Å²) >= 11 is 0. The van der Waals surface area contributed by atoms with Crippen molar-refractivity contribution in [2.45, 2.75) is 57.7 Å². The number of hydrogen-bond donors (Lipinski definition) is 6. The number of nitrogens with zero attached hydrogens (tertiary/aromatic N) is 5. The van der Waals surface area contributed by atoms with Gasteiger partial charge in [0.25, 0.3) is 11.8 Å². The molecule has 2 fully saturated rings. The van der Waals surface area contributed by atoms with Gasteiger partial charge in [0.15, 0.2) is 0 Å². The Labute approximate surface area is 359 Å². The molecule has 2 aliphatic heterocycles. The lowest BCUT2D eigenvalue weighted by Crippen LogP contribution is -2.15. The molecule has 6 aromatic rings. The number of hydrogen-bond acceptors (Lipinski definition) is 12. The van der Waals surface area contributed by atoms with Gasteiger partial charge in [-0.05, 0) is 109 Å². The Balaban J connectivity index is 0.744. The quantitative estimate of drug-likeness (QED) is 0.0590. The largest absolute Gasteiger partial charge is 0.474 e. The molecule has 2 atom stereocenters. The van der Waals surface area contributed by atoms with Crippen molar-refractivity contribution in [2.24, 2.45) is 10.9 Å². The molecular weight excluding hydrogens is 779 g/mol. The van der Waals surface area contributed by atoms with Crippen LogP contribution in [0.3, 0.4) is 0 Å². The van der Waals surface area contributed by atoms with E-state index < -0.39 is 0 Å². The van der Waals surface area contributed by atoms with Gasteiger partial charge in [0.2, 0.25) is 5.88 Å². The Kier molecular flexibility index (Phi) is 9.77. The third kappa shape index (κ3) is 7.31. The number of benzene rings is 2. The third-order valence-electron chi connectivity index (χ3n) is 12.4. The zero-order valence-corrected chi connectivity index (χ0v) is 35.0. The van der Waals surface area contributed by atoms with Gasteiger partial charge in [-0.1, -0.05) is 12.1 Å². The Bertz CT molecular complexity index is 2780. The van der Waals surface area contributed by atoms with Gasteiger partial charge in [-0.25, -0.2) is 15.0 Å². The number of ether oxygens (including phenoxy) is 1. The number of aromatic nitrogens is 4. The van der Waals surface area contributed by atoms with Gasteiger partial charge >= 0.3 is 0 Å². The monoisotopic (exact) mass is 825 g/mol. The van der Waals surface area contributed by atoms with Gasteiger partial charge in [-0.2, -0.15) is 0 Å². The molecule has 2 saturated carbocycles. The molecule has 0 spiro atoms. The molecule has 2 aliphatic carbocycles. The van der Waals surface area contributed by atoms with E-state index in [1.165, 1.54) is 0 Å². The number of amides is 2. The van der Waals surface area contributed by atoms with E-state index in [9.17, 15) is 9.59 Å². The van der Waals surface area contributed by atoms with Gasteiger partial charge in [-0.15, -0.1) is 0 Å². The number of aryl methyl sites for hydroxylation is 2. The summed E-state index contributed by atoms with van der Waals surface area (Å²) in [6.45, 7) is 5.73. The molecule has 2 aromatic carbocycles. The zero-order chi connectivity index (χ0) is 42.5. The van der Waals surface area contributed by atoms with Crippen LogP contribution < -0.4 is 36.6 Å². The lowest BCUT2D eigenvalue weighted by atomic mass is 9.94. The molecule has 62 heavy (non-hydrogen) atoms. The highest BCUT2D eigenvalue weighted by atomic mass is 16.5. The number of nitrogens with one attached hydrogen (secondary N) is 6. The van der Waals surface area contributed by atoms with Crippen LogP contribution in [0.1, 0.15) is 67.9 Å². The fourth-order valence-electron chi connectivity index (χ4n) is 8.76. The van der Waals surface area contributed by atoms with E-state index in [1.54, 1.807) is 6.20 Å². The van der Waals surface area contributed by atoms with E-state index in [2.05, 4.69) is 65.9 Å². The minimum Gasteiger partial charge on any atom is -0.474 e. The second-order valence-corrected chi connectivity index (χ2v) is 16.6. The first-order valence-electron chi connectivity index (χ1n) is 21.0. The van der Waals surface area contributed by atoms with Crippen molar-refractivity contribution in [1.82, 2.24) is 30.6 Å². The van der Waals surface area contributed by atoms with Crippen LogP contribution in [-0.2, 0) is 18.5 Å². The number of anilines is 6. The molecule has 10 rings (SSSR count). The molecule has 4 aliphatic rings. The first-order chi connectivity index (χ1) is 30.2. The van der Waals surface area contributed by atoms with Crippen molar-refractivity contribution in [1.29, 1.82) is 0 Å². The van der Waals surface area contributed by atoms with Crippen molar-refractivity contribution >= 4 is 52.4 Å². The number of carbonyl (C=O) groups is 2. The SMILES string of the molecule is CN=CC1(c2ccc(Nc3cc(C)c(-c4ccc(NCC5CC5Oc5ccc(Nc6cc(C)c(-c7ccc(NC)c8c7CNC8=O)cn6)cn5)c5c4CNC5=O)cn3)cn2)CC1. The van der Waals surface area contributed by atoms with Crippen molar-refractivity contribution in [2.75, 3.05) is 41.9 Å². The molecule has 0 saturated heterocycles. The number of pyridine rings is 4. The van der Waals surface area contributed by atoms with Crippen molar-refractivity contribution in [3.63, 3.8) is 0 Å². The van der Waals surface area contributed by atoms with E-state index >= 15 is 0 Å². The van der Waals surface area contributed by atoms with Gasteiger partial charge in [-0.3, -0.25) is 19.6 Å². The standard InChI is InChI=1S/C48H47N11O3/c1-26-16-42(54-21-33(26)31-7-9-37(50-4)44-35(31)23-56-46(44)60)59-30-6-12-43(55-20-30)62-39-17-28(39)18-51-38-10-8-32(36-24-57-47(61)45(36)38)34-22-53-41(15-27(34)2)58-29-5-11-40(52-19-29)48(13-14-48)25-49-3/h5-12,15-16,19-22,25,28,39,50-51H,13-14,17-18,23-24H2,1-4H3,(H,53,58)(H,54,59)(H,56,60)(H,57,61). The van der Waals surface area contributed by atoms with Gasteiger partial charge in [0.05, 0.1) is 40.6 Å². The van der Waals surface area contributed by atoms with Gasteiger partial charge in [0.1, 0.15) is 17.7 Å². The summed E-state index contributed by atoms with van der Waals surface area (Å²) in [7, 11) is 3.63. The predicted octanol–water partition coefficient (Wildman–Crippen LogP) is 7.84. The van der Waals surface area contributed by atoms with Crippen LogP contribution in [0.15, 0.2) is 90.4 Å². The average molecular weight is 826 g/mol. The number of aliphatic imine (C=N–C) groups is 1. The van der Waals surface area contributed by atoms with E-state index in [-0.39, 0.29) is 29.3 Å². The van der Waals surface area contributed by atoms with Crippen LogP contribution in [0.5, 0.6) is 5.88 Å². The van der Waals surface area contributed by atoms with Crippen LogP contribution in [0, 0.1) is 19.8 Å². The summed E-state index contributed by atoms with van der Waals surface area (Å²) in [5.74, 6) is 2.11. The molecule has 0 bridgehead atoms. The first kappa shape index (κ1) is 38.8. The van der Waals surface area contributed by atoms with Crippen LogP contribution in [-0.4, -0.2) is 64.7 Å². The normalized spacial score (nSPS) is 17.8.